The minimum atomic E-state index is -2.37. The van der Waals surface area contributed by atoms with Crippen molar-refractivity contribution >= 4 is 64.9 Å². The van der Waals surface area contributed by atoms with Gasteiger partial charge in [0.2, 0.25) is 3.79 Å². The molecule has 0 aromatic heterocycles. The third kappa shape index (κ3) is 13.7. The number of esters is 3. The number of carbonyl (C=O) groups is 5. The SMILES string of the molecule is C=CCOC(=O)N[C@@H](C)CO[C@@H]1O[C@H](COC(C)=O)[C@@](OCc2ccccc2)(OC(C)=O)[C@H](OC(C)=O)[C@H]1NC(=O)OCC(Cl)(Cl)Cl. The minimum Gasteiger partial charge on any atom is -0.463 e. The van der Waals surface area contributed by atoms with Crippen molar-refractivity contribution in [3.63, 3.8) is 0 Å². The quantitative estimate of drug-likeness (QED) is 0.0882. The average molecular weight is 728 g/mol. The van der Waals surface area contributed by atoms with Gasteiger partial charge in [-0.15, -0.1) is 0 Å². The molecule has 6 atom stereocenters. The first-order chi connectivity index (χ1) is 22.1. The summed E-state index contributed by atoms with van der Waals surface area (Å²) >= 11 is 17.2. The van der Waals surface area contributed by atoms with Crippen LogP contribution in [0.3, 0.4) is 0 Å². The molecule has 1 fully saturated rings. The predicted octanol–water partition coefficient (Wildman–Crippen LogP) is 3.46. The number of nitrogens with one attached hydrogen (secondary N) is 2. The predicted molar refractivity (Wildman–Crippen MR) is 165 cm³/mol. The fraction of sp³-hybridized carbons (Fsp3) is 0.552. The Morgan fingerprint density at radius 1 is 1.00 bits per heavy atom. The van der Waals surface area contributed by atoms with Crippen molar-refractivity contribution in [2.45, 2.75) is 74.5 Å². The summed E-state index contributed by atoms with van der Waals surface area (Å²) in [6.07, 6.45) is -5.41. The lowest BCUT2D eigenvalue weighted by Gasteiger charge is -2.51. The van der Waals surface area contributed by atoms with Gasteiger partial charge in [-0.05, 0) is 12.5 Å². The zero-order valence-electron chi connectivity index (χ0n) is 26.0. The van der Waals surface area contributed by atoms with Gasteiger partial charge in [0.25, 0.3) is 5.79 Å². The summed E-state index contributed by atoms with van der Waals surface area (Å²) in [5.74, 6) is -4.92. The molecule has 2 amide bonds. The molecule has 18 heteroatoms. The Kier molecular flexibility index (Phi) is 16.0. The largest absolute Gasteiger partial charge is 0.463 e. The summed E-state index contributed by atoms with van der Waals surface area (Å²) in [6, 6.07) is 6.36. The van der Waals surface area contributed by atoms with Gasteiger partial charge in [0.05, 0.1) is 19.3 Å². The second-order valence-corrected chi connectivity index (χ2v) is 12.6. The molecule has 15 nitrogen and oxygen atoms in total. The van der Waals surface area contributed by atoms with Crippen LogP contribution < -0.4 is 10.6 Å². The Bertz CT molecular complexity index is 1230. The molecule has 1 aliphatic rings. The van der Waals surface area contributed by atoms with E-state index in [4.69, 9.17) is 72.7 Å². The summed E-state index contributed by atoms with van der Waals surface area (Å²) in [5.41, 5.74) is 0.597. The molecule has 1 aromatic rings. The zero-order valence-corrected chi connectivity index (χ0v) is 28.3. The maximum absolute atomic E-state index is 13.0. The lowest BCUT2D eigenvalue weighted by Crippen LogP contribution is -2.74. The van der Waals surface area contributed by atoms with Gasteiger partial charge in [-0.25, -0.2) is 9.59 Å². The van der Waals surface area contributed by atoms with Gasteiger partial charge < -0.3 is 48.5 Å². The van der Waals surface area contributed by atoms with Crippen LogP contribution in [-0.4, -0.2) is 96.7 Å². The topological polar surface area (TPSA) is 183 Å². The molecule has 262 valence electrons. The van der Waals surface area contributed by atoms with E-state index in [1.807, 2.05) is 0 Å². The molecule has 0 bridgehead atoms. The first-order valence-electron chi connectivity index (χ1n) is 14.1. The van der Waals surface area contributed by atoms with E-state index in [1.165, 1.54) is 6.08 Å². The van der Waals surface area contributed by atoms with Crippen LogP contribution >= 0.6 is 34.8 Å². The van der Waals surface area contributed by atoms with Crippen LogP contribution in [0, 0.1) is 0 Å². The van der Waals surface area contributed by atoms with E-state index < -0.39 is 83.5 Å². The molecule has 2 rings (SSSR count). The van der Waals surface area contributed by atoms with Gasteiger partial charge in [0, 0.05) is 20.8 Å². The first kappa shape index (κ1) is 39.8. The molecule has 47 heavy (non-hydrogen) atoms. The molecular weight excluding hydrogens is 691 g/mol. The number of rotatable bonds is 15. The molecule has 0 radical (unpaired) electrons. The lowest BCUT2D eigenvalue weighted by molar-refractivity contribution is -0.383. The summed E-state index contributed by atoms with van der Waals surface area (Å²) < 4.78 is 42.8. The standard InChI is InChI=1S/C29H37Cl3N2O13/c1-6-12-40-26(38)33-17(2)13-42-25-23(34-27(39)43-16-28(30,31)32)24(45-19(4)36)29(47-20(5)37,22(46-25)15-41-18(3)35)44-14-21-10-8-7-9-11-21/h6-11,17,22-25H,1,12-16H2,2-5H3,(H,33,38)(H,34,39)/t17-,22+,23+,24+,25+,29+/m0/s1. The van der Waals surface area contributed by atoms with Crippen LogP contribution in [0.15, 0.2) is 43.0 Å². The molecule has 2 N–H and O–H groups in total. The highest BCUT2D eigenvalue weighted by atomic mass is 35.6. The van der Waals surface area contributed by atoms with Crippen LogP contribution in [0.4, 0.5) is 9.59 Å². The fourth-order valence-corrected chi connectivity index (χ4v) is 4.36. The van der Waals surface area contributed by atoms with Crippen molar-refractivity contribution in [1.29, 1.82) is 0 Å². The van der Waals surface area contributed by atoms with Crippen molar-refractivity contribution in [2.75, 3.05) is 26.4 Å². The van der Waals surface area contributed by atoms with Gasteiger partial charge in [0.15, 0.2) is 18.5 Å². The van der Waals surface area contributed by atoms with Crippen molar-refractivity contribution < 1.29 is 61.9 Å². The van der Waals surface area contributed by atoms with E-state index in [9.17, 15) is 24.0 Å². The number of carbonyl (C=O) groups excluding carboxylic acids is 5. The molecule has 1 aromatic carbocycles. The maximum Gasteiger partial charge on any atom is 0.407 e. The van der Waals surface area contributed by atoms with Crippen molar-refractivity contribution in [1.82, 2.24) is 10.6 Å². The Hall–Kier alpha value is -3.34. The van der Waals surface area contributed by atoms with Crippen molar-refractivity contribution in [3.05, 3.63) is 48.6 Å². The zero-order chi connectivity index (χ0) is 35.2. The fourth-order valence-electron chi connectivity index (χ4n) is 4.19. The van der Waals surface area contributed by atoms with Crippen LogP contribution in [0.5, 0.6) is 0 Å². The maximum atomic E-state index is 13.0. The number of hydrogen-bond donors (Lipinski definition) is 2. The van der Waals surface area contributed by atoms with E-state index in [0.29, 0.717) is 5.56 Å². The van der Waals surface area contributed by atoms with Gasteiger partial charge in [-0.1, -0.05) is 77.8 Å². The van der Waals surface area contributed by atoms with Crippen LogP contribution in [0.25, 0.3) is 0 Å². The highest BCUT2D eigenvalue weighted by molar-refractivity contribution is 6.67. The van der Waals surface area contributed by atoms with Crippen molar-refractivity contribution in [2.24, 2.45) is 0 Å². The Balaban J connectivity index is 2.60. The number of alkyl carbamates (subject to hydrolysis) is 2. The van der Waals surface area contributed by atoms with Crippen molar-refractivity contribution in [3.8, 4) is 0 Å². The number of ether oxygens (including phenoxy) is 8. The van der Waals surface area contributed by atoms with Gasteiger partial charge >= 0.3 is 30.1 Å². The summed E-state index contributed by atoms with van der Waals surface area (Å²) in [5, 5.41) is 4.96. The highest BCUT2D eigenvalue weighted by Gasteiger charge is 2.64. The van der Waals surface area contributed by atoms with Gasteiger partial charge in [-0.2, -0.15) is 0 Å². The van der Waals surface area contributed by atoms with Gasteiger partial charge in [-0.3, -0.25) is 14.4 Å². The van der Waals surface area contributed by atoms with E-state index in [-0.39, 0.29) is 19.8 Å². The molecule has 0 unspecified atom stereocenters. The molecule has 1 heterocycles. The second-order valence-electron chi connectivity index (χ2n) is 10.0. The van der Waals surface area contributed by atoms with E-state index >= 15 is 0 Å². The van der Waals surface area contributed by atoms with Crippen LogP contribution in [0.2, 0.25) is 0 Å². The molecule has 0 aliphatic carbocycles. The Morgan fingerprint density at radius 3 is 2.26 bits per heavy atom. The third-order valence-electron chi connectivity index (χ3n) is 5.96. The first-order valence-corrected chi connectivity index (χ1v) is 15.2. The van der Waals surface area contributed by atoms with Crippen LogP contribution in [0.1, 0.15) is 33.3 Å². The van der Waals surface area contributed by atoms with Gasteiger partial charge in [0.1, 0.15) is 25.9 Å². The number of amides is 2. The molecule has 0 spiro atoms. The molecule has 1 aliphatic heterocycles. The average Bonchev–Trinajstić information content (AvgIpc) is 2.98. The van der Waals surface area contributed by atoms with E-state index in [2.05, 4.69) is 17.2 Å². The normalized spacial score (nSPS) is 23.0. The summed E-state index contributed by atoms with van der Waals surface area (Å²) in [6.45, 7) is 6.43. The molecular formula is C29H37Cl3N2O13. The van der Waals surface area contributed by atoms with E-state index in [1.54, 1.807) is 37.3 Å². The molecule has 1 saturated heterocycles. The number of hydrogen-bond acceptors (Lipinski definition) is 13. The highest BCUT2D eigenvalue weighted by Crippen LogP contribution is 2.39. The summed E-state index contributed by atoms with van der Waals surface area (Å²) in [7, 11) is 0. The number of halogens is 3. The molecule has 0 saturated carbocycles. The smallest absolute Gasteiger partial charge is 0.407 e. The van der Waals surface area contributed by atoms with E-state index in [0.717, 1.165) is 20.8 Å². The second kappa shape index (κ2) is 18.9. The summed E-state index contributed by atoms with van der Waals surface area (Å²) in [4.78, 5) is 62.0. The monoisotopic (exact) mass is 726 g/mol. The Labute approximate surface area is 286 Å². The lowest BCUT2D eigenvalue weighted by atomic mass is 9.91. The third-order valence-corrected chi connectivity index (χ3v) is 6.29. The van der Waals surface area contributed by atoms with Crippen LogP contribution in [-0.2, 0) is 58.9 Å². The number of benzene rings is 1. The minimum absolute atomic E-state index is 0.0451. The Morgan fingerprint density at radius 2 is 1.68 bits per heavy atom. The number of alkyl halides is 3.